The van der Waals surface area contributed by atoms with Crippen molar-refractivity contribution < 1.29 is 9.53 Å². The maximum absolute atomic E-state index is 11.8. The molecule has 1 aliphatic rings. The van der Waals surface area contributed by atoms with E-state index in [4.69, 9.17) is 4.74 Å². The fraction of sp³-hybridized carbons (Fsp3) is 0.471. The molecule has 0 amide bonds. The van der Waals surface area contributed by atoms with Crippen LogP contribution in [0, 0.1) is 5.92 Å². The van der Waals surface area contributed by atoms with Gasteiger partial charge in [-0.15, -0.1) is 10.2 Å². The van der Waals surface area contributed by atoms with Crippen molar-refractivity contribution in [2.45, 2.75) is 38.6 Å². The van der Waals surface area contributed by atoms with E-state index < -0.39 is 0 Å². The summed E-state index contributed by atoms with van der Waals surface area (Å²) in [7, 11) is 1.45. The number of hydrogen-bond acceptors (Lipinski definition) is 4. The quantitative estimate of drug-likeness (QED) is 0.814. The van der Waals surface area contributed by atoms with Crippen molar-refractivity contribution >= 4 is 5.97 Å². The van der Waals surface area contributed by atoms with E-state index in [1.807, 2.05) is 18.2 Å². The van der Waals surface area contributed by atoms with Crippen LogP contribution in [0.3, 0.4) is 0 Å². The van der Waals surface area contributed by atoms with E-state index in [9.17, 15) is 4.79 Å². The van der Waals surface area contributed by atoms with E-state index in [1.165, 1.54) is 12.7 Å². The van der Waals surface area contributed by atoms with Gasteiger partial charge in [0.2, 0.25) is 0 Å². The minimum Gasteiger partial charge on any atom is -0.469 e. The summed E-state index contributed by atoms with van der Waals surface area (Å²) in [4.78, 5) is 11.8. The van der Waals surface area contributed by atoms with Crippen LogP contribution in [-0.2, 0) is 22.5 Å². The Hall–Kier alpha value is -2.17. The molecule has 1 aromatic heterocycles. The summed E-state index contributed by atoms with van der Waals surface area (Å²) >= 11 is 0. The zero-order valence-corrected chi connectivity index (χ0v) is 13.0. The van der Waals surface area contributed by atoms with Crippen molar-refractivity contribution in [1.29, 1.82) is 0 Å². The molecule has 116 valence electrons. The standard InChI is InChI=1S/C17H21N3O2/c1-3-14(12-7-5-4-6-8-12)16-19-18-15-10-9-13(11-20(15)16)17(21)22-2/h4-8,13-14H,3,9-11H2,1-2H3. The van der Waals surface area contributed by atoms with E-state index in [-0.39, 0.29) is 17.8 Å². The molecule has 0 N–H and O–H groups in total. The Morgan fingerprint density at radius 2 is 2.14 bits per heavy atom. The van der Waals surface area contributed by atoms with Crippen LogP contribution in [0.25, 0.3) is 0 Å². The smallest absolute Gasteiger partial charge is 0.310 e. The molecular weight excluding hydrogens is 278 g/mol. The van der Waals surface area contributed by atoms with Crippen LogP contribution in [0.5, 0.6) is 0 Å². The number of carbonyl (C=O) groups excluding carboxylic acids is 1. The third-order valence-corrected chi connectivity index (χ3v) is 4.43. The summed E-state index contributed by atoms with van der Waals surface area (Å²) in [6.45, 7) is 2.77. The zero-order valence-electron chi connectivity index (χ0n) is 13.0. The number of aryl methyl sites for hydroxylation is 1. The van der Waals surface area contributed by atoms with Gasteiger partial charge in [-0.05, 0) is 18.4 Å². The normalized spacial score (nSPS) is 18.5. The second-order valence-electron chi connectivity index (χ2n) is 5.72. The minimum atomic E-state index is -0.141. The van der Waals surface area contributed by atoms with Gasteiger partial charge in [-0.1, -0.05) is 37.3 Å². The number of aromatic nitrogens is 3. The molecule has 0 fully saturated rings. The van der Waals surface area contributed by atoms with Gasteiger partial charge in [0.05, 0.1) is 13.0 Å². The summed E-state index contributed by atoms with van der Waals surface area (Å²) in [6.07, 6.45) is 2.51. The van der Waals surface area contributed by atoms with Crippen LogP contribution in [0.1, 0.15) is 42.9 Å². The van der Waals surface area contributed by atoms with Gasteiger partial charge in [-0.2, -0.15) is 0 Å². The average molecular weight is 299 g/mol. The van der Waals surface area contributed by atoms with Crippen molar-refractivity contribution in [2.24, 2.45) is 5.92 Å². The summed E-state index contributed by atoms with van der Waals surface area (Å²) in [6, 6.07) is 10.3. The van der Waals surface area contributed by atoms with E-state index in [1.54, 1.807) is 0 Å². The summed E-state index contributed by atoms with van der Waals surface area (Å²) in [5.74, 6) is 1.90. The third kappa shape index (κ3) is 2.63. The largest absolute Gasteiger partial charge is 0.469 e. The lowest BCUT2D eigenvalue weighted by Crippen LogP contribution is -2.29. The lowest BCUT2D eigenvalue weighted by atomic mass is 9.94. The lowest BCUT2D eigenvalue weighted by Gasteiger charge is -2.24. The van der Waals surface area contributed by atoms with Crippen molar-refractivity contribution in [3.63, 3.8) is 0 Å². The van der Waals surface area contributed by atoms with Gasteiger partial charge in [-0.3, -0.25) is 4.79 Å². The molecule has 2 heterocycles. The number of fused-ring (bicyclic) bond motifs is 1. The zero-order chi connectivity index (χ0) is 15.5. The second-order valence-corrected chi connectivity index (χ2v) is 5.72. The predicted octanol–water partition coefficient (Wildman–Crippen LogP) is 2.56. The molecule has 3 rings (SSSR count). The molecule has 2 aromatic rings. The number of benzene rings is 1. The topological polar surface area (TPSA) is 57.0 Å². The van der Waals surface area contributed by atoms with Gasteiger partial charge in [0, 0.05) is 18.9 Å². The Kier molecular flexibility index (Phi) is 4.22. The second kappa shape index (κ2) is 6.30. The molecule has 0 saturated heterocycles. The van der Waals surface area contributed by atoms with Gasteiger partial charge >= 0.3 is 5.97 Å². The Balaban J connectivity index is 1.93. The van der Waals surface area contributed by atoms with E-state index in [0.29, 0.717) is 6.54 Å². The first-order valence-corrected chi connectivity index (χ1v) is 7.79. The monoisotopic (exact) mass is 299 g/mol. The van der Waals surface area contributed by atoms with Crippen molar-refractivity contribution in [1.82, 2.24) is 14.8 Å². The van der Waals surface area contributed by atoms with Crippen molar-refractivity contribution in [2.75, 3.05) is 7.11 Å². The minimum absolute atomic E-state index is 0.0967. The first kappa shape index (κ1) is 14.8. The van der Waals surface area contributed by atoms with Gasteiger partial charge in [0.25, 0.3) is 0 Å². The first-order valence-electron chi connectivity index (χ1n) is 7.79. The van der Waals surface area contributed by atoms with Crippen LogP contribution in [-0.4, -0.2) is 27.8 Å². The van der Waals surface area contributed by atoms with E-state index >= 15 is 0 Å². The number of rotatable bonds is 4. The highest BCUT2D eigenvalue weighted by atomic mass is 16.5. The van der Waals surface area contributed by atoms with Gasteiger partial charge < -0.3 is 9.30 Å². The molecule has 0 spiro atoms. The SMILES string of the molecule is CCC(c1ccccc1)c1nnc2n1CC(C(=O)OC)CC2. The van der Waals surface area contributed by atoms with Gasteiger partial charge in [-0.25, -0.2) is 0 Å². The summed E-state index contributed by atoms with van der Waals surface area (Å²) in [5, 5.41) is 8.76. The molecule has 0 bridgehead atoms. The Morgan fingerprint density at radius 1 is 1.36 bits per heavy atom. The number of esters is 1. The van der Waals surface area contributed by atoms with Crippen LogP contribution >= 0.6 is 0 Å². The van der Waals surface area contributed by atoms with Gasteiger partial charge in [0.15, 0.2) is 0 Å². The fourth-order valence-corrected chi connectivity index (χ4v) is 3.22. The number of nitrogens with zero attached hydrogens (tertiary/aromatic N) is 3. The fourth-order valence-electron chi connectivity index (χ4n) is 3.22. The first-order chi connectivity index (χ1) is 10.7. The average Bonchev–Trinajstić information content (AvgIpc) is 2.99. The molecule has 2 unspecified atom stereocenters. The number of hydrogen-bond donors (Lipinski definition) is 0. The molecule has 0 aliphatic carbocycles. The summed E-state index contributed by atoms with van der Waals surface area (Å²) in [5.41, 5.74) is 1.24. The Labute approximate surface area is 130 Å². The van der Waals surface area contributed by atoms with Crippen molar-refractivity contribution in [3.05, 3.63) is 47.5 Å². The molecule has 22 heavy (non-hydrogen) atoms. The predicted molar refractivity (Wildman–Crippen MR) is 82.4 cm³/mol. The molecule has 5 heteroatoms. The molecule has 2 atom stereocenters. The van der Waals surface area contributed by atoms with Gasteiger partial charge in [0.1, 0.15) is 11.6 Å². The maximum Gasteiger partial charge on any atom is 0.310 e. The summed E-state index contributed by atoms with van der Waals surface area (Å²) < 4.78 is 7.02. The van der Waals surface area contributed by atoms with Crippen LogP contribution in [0.2, 0.25) is 0 Å². The van der Waals surface area contributed by atoms with Crippen LogP contribution in [0.4, 0.5) is 0 Å². The van der Waals surface area contributed by atoms with Crippen molar-refractivity contribution in [3.8, 4) is 0 Å². The maximum atomic E-state index is 11.8. The molecule has 1 aromatic carbocycles. The number of ether oxygens (including phenoxy) is 1. The molecule has 0 radical (unpaired) electrons. The van der Waals surface area contributed by atoms with Crippen LogP contribution < -0.4 is 0 Å². The lowest BCUT2D eigenvalue weighted by molar-refractivity contribution is -0.146. The van der Waals surface area contributed by atoms with E-state index in [0.717, 1.165) is 30.9 Å². The molecule has 0 saturated carbocycles. The highest BCUT2D eigenvalue weighted by molar-refractivity contribution is 5.72. The Bertz CT molecular complexity index is 651. The Morgan fingerprint density at radius 3 is 2.82 bits per heavy atom. The van der Waals surface area contributed by atoms with Crippen LogP contribution in [0.15, 0.2) is 30.3 Å². The number of carbonyl (C=O) groups is 1. The highest BCUT2D eigenvalue weighted by Crippen LogP contribution is 2.30. The number of methoxy groups -OCH3 is 1. The highest BCUT2D eigenvalue weighted by Gasteiger charge is 2.30. The molecular formula is C17H21N3O2. The third-order valence-electron chi connectivity index (χ3n) is 4.43. The molecule has 1 aliphatic heterocycles. The van der Waals surface area contributed by atoms with E-state index in [2.05, 4.69) is 33.8 Å². The molecule has 5 nitrogen and oxygen atoms in total.